The first-order valence-corrected chi connectivity index (χ1v) is 9.65. The highest BCUT2D eigenvalue weighted by molar-refractivity contribution is 5.51. The van der Waals surface area contributed by atoms with Crippen molar-refractivity contribution in [3.8, 4) is 11.5 Å². The standard InChI is InChI=1S/C24H26O2/c25-22-12-8-20(9-13-22)24(21-10-14-23(26)15-11-21)16-4-7-19(17-24)18-5-2-1-3-6-18/h4,7-16,18,25-26H,1-3,5-6,17H2. The zero-order valence-corrected chi connectivity index (χ0v) is 15.1. The number of hydrogen-bond donors (Lipinski definition) is 2. The molecule has 0 spiro atoms. The highest BCUT2D eigenvalue weighted by Gasteiger charge is 2.36. The summed E-state index contributed by atoms with van der Waals surface area (Å²) in [5.74, 6) is 1.26. The second-order valence-electron chi connectivity index (χ2n) is 7.68. The van der Waals surface area contributed by atoms with E-state index < -0.39 is 0 Å². The molecular formula is C24H26O2. The summed E-state index contributed by atoms with van der Waals surface area (Å²) in [6, 6.07) is 15.2. The van der Waals surface area contributed by atoms with E-state index in [4.69, 9.17) is 0 Å². The van der Waals surface area contributed by atoms with Gasteiger partial charge in [-0.3, -0.25) is 0 Å². The van der Waals surface area contributed by atoms with Crippen LogP contribution in [0.2, 0.25) is 0 Å². The lowest BCUT2D eigenvalue weighted by Gasteiger charge is -2.38. The normalized spacial score (nSPS) is 19.9. The molecule has 1 saturated carbocycles. The summed E-state index contributed by atoms with van der Waals surface area (Å²) < 4.78 is 0. The quantitative estimate of drug-likeness (QED) is 0.732. The smallest absolute Gasteiger partial charge is 0.115 e. The van der Waals surface area contributed by atoms with Crippen LogP contribution in [0.5, 0.6) is 11.5 Å². The third-order valence-electron chi connectivity index (χ3n) is 6.07. The number of rotatable bonds is 3. The van der Waals surface area contributed by atoms with Crippen LogP contribution < -0.4 is 0 Å². The predicted octanol–water partition coefficient (Wildman–Crippen LogP) is 5.85. The molecule has 2 nitrogen and oxygen atoms in total. The monoisotopic (exact) mass is 346 g/mol. The molecule has 2 aliphatic rings. The fourth-order valence-corrected chi connectivity index (χ4v) is 4.61. The van der Waals surface area contributed by atoms with Crippen LogP contribution in [-0.2, 0) is 5.41 Å². The summed E-state index contributed by atoms with van der Waals surface area (Å²) in [7, 11) is 0. The number of benzene rings is 2. The molecule has 2 heteroatoms. The van der Waals surface area contributed by atoms with Crippen LogP contribution in [0.4, 0.5) is 0 Å². The first-order valence-electron chi connectivity index (χ1n) is 9.65. The van der Waals surface area contributed by atoms with Crippen molar-refractivity contribution in [1.29, 1.82) is 0 Å². The zero-order valence-electron chi connectivity index (χ0n) is 15.1. The van der Waals surface area contributed by atoms with E-state index in [1.807, 2.05) is 24.3 Å². The first-order chi connectivity index (χ1) is 12.7. The lowest BCUT2D eigenvalue weighted by Crippen LogP contribution is -2.29. The van der Waals surface area contributed by atoms with Crippen molar-refractivity contribution in [3.63, 3.8) is 0 Å². The van der Waals surface area contributed by atoms with E-state index in [9.17, 15) is 10.2 Å². The van der Waals surface area contributed by atoms with Crippen LogP contribution in [0.1, 0.15) is 49.7 Å². The molecule has 0 bridgehead atoms. The summed E-state index contributed by atoms with van der Waals surface area (Å²) in [6.07, 6.45) is 14.4. The predicted molar refractivity (Wildman–Crippen MR) is 105 cm³/mol. The van der Waals surface area contributed by atoms with Crippen molar-refractivity contribution in [1.82, 2.24) is 0 Å². The Morgan fingerprint density at radius 2 is 1.27 bits per heavy atom. The van der Waals surface area contributed by atoms with Gasteiger partial charge in [0.15, 0.2) is 0 Å². The van der Waals surface area contributed by atoms with Gasteiger partial charge in [0.05, 0.1) is 0 Å². The minimum atomic E-state index is -0.247. The third-order valence-corrected chi connectivity index (χ3v) is 6.07. The fourth-order valence-electron chi connectivity index (χ4n) is 4.61. The summed E-state index contributed by atoms with van der Waals surface area (Å²) in [5.41, 5.74) is 3.65. The van der Waals surface area contributed by atoms with Crippen LogP contribution in [0, 0.1) is 5.92 Å². The van der Waals surface area contributed by atoms with Crippen molar-refractivity contribution < 1.29 is 10.2 Å². The van der Waals surface area contributed by atoms with Gasteiger partial charge in [-0.15, -0.1) is 0 Å². The Hall–Kier alpha value is -2.48. The van der Waals surface area contributed by atoms with Crippen LogP contribution in [0.3, 0.4) is 0 Å². The van der Waals surface area contributed by atoms with E-state index in [1.54, 1.807) is 24.3 Å². The molecule has 0 amide bonds. The first kappa shape index (κ1) is 17.0. The molecule has 2 N–H and O–H groups in total. The third kappa shape index (κ3) is 3.16. The Kier molecular flexibility index (Phi) is 4.58. The van der Waals surface area contributed by atoms with Crippen molar-refractivity contribution in [3.05, 3.63) is 83.5 Å². The Labute approximate surface area is 155 Å². The topological polar surface area (TPSA) is 40.5 Å². The molecule has 0 unspecified atom stereocenters. The fraction of sp³-hybridized carbons (Fsp3) is 0.333. The summed E-state index contributed by atoms with van der Waals surface area (Å²) in [6.45, 7) is 0. The molecule has 2 aliphatic carbocycles. The van der Waals surface area contributed by atoms with Gasteiger partial charge in [-0.1, -0.05) is 67.3 Å². The van der Waals surface area contributed by atoms with Gasteiger partial charge < -0.3 is 10.2 Å². The van der Waals surface area contributed by atoms with E-state index in [0.29, 0.717) is 5.92 Å². The van der Waals surface area contributed by atoms with Gasteiger partial charge in [-0.05, 0) is 60.6 Å². The van der Waals surface area contributed by atoms with Crippen LogP contribution in [0.15, 0.2) is 72.3 Å². The average Bonchev–Trinajstić information content (AvgIpc) is 2.70. The van der Waals surface area contributed by atoms with E-state index >= 15 is 0 Å². The van der Waals surface area contributed by atoms with Crippen molar-refractivity contribution in [2.24, 2.45) is 5.92 Å². The molecule has 0 heterocycles. The van der Waals surface area contributed by atoms with E-state index in [-0.39, 0.29) is 16.9 Å². The average molecular weight is 346 g/mol. The van der Waals surface area contributed by atoms with Gasteiger partial charge in [-0.2, -0.15) is 0 Å². The molecule has 2 aromatic carbocycles. The molecule has 2 aromatic rings. The van der Waals surface area contributed by atoms with Crippen molar-refractivity contribution >= 4 is 0 Å². The molecule has 4 rings (SSSR count). The van der Waals surface area contributed by atoms with Crippen LogP contribution in [0.25, 0.3) is 0 Å². The van der Waals surface area contributed by atoms with Crippen molar-refractivity contribution in [2.75, 3.05) is 0 Å². The number of aromatic hydroxyl groups is 2. The largest absolute Gasteiger partial charge is 0.508 e. The van der Waals surface area contributed by atoms with Crippen LogP contribution >= 0.6 is 0 Å². The molecule has 0 aliphatic heterocycles. The Morgan fingerprint density at radius 3 is 1.81 bits per heavy atom. The van der Waals surface area contributed by atoms with Gasteiger partial charge in [-0.25, -0.2) is 0 Å². The Balaban J connectivity index is 1.76. The zero-order chi connectivity index (χ0) is 18.0. The van der Waals surface area contributed by atoms with E-state index in [0.717, 1.165) is 6.42 Å². The lowest BCUT2D eigenvalue weighted by molar-refractivity contribution is 0.383. The van der Waals surface area contributed by atoms with Gasteiger partial charge in [0.25, 0.3) is 0 Å². The summed E-state index contributed by atoms with van der Waals surface area (Å²) >= 11 is 0. The number of hydrogen-bond acceptors (Lipinski definition) is 2. The summed E-state index contributed by atoms with van der Waals surface area (Å²) in [4.78, 5) is 0. The van der Waals surface area contributed by atoms with E-state index in [1.165, 1.54) is 48.8 Å². The maximum atomic E-state index is 9.74. The molecule has 0 saturated heterocycles. The Bertz CT molecular complexity index is 761. The Morgan fingerprint density at radius 1 is 0.731 bits per heavy atom. The molecule has 0 radical (unpaired) electrons. The second kappa shape index (κ2) is 7.03. The number of phenolic OH excluding ortho intramolecular Hbond substituents is 2. The maximum absolute atomic E-state index is 9.74. The molecular weight excluding hydrogens is 320 g/mol. The van der Waals surface area contributed by atoms with Gasteiger partial charge in [0.2, 0.25) is 0 Å². The maximum Gasteiger partial charge on any atom is 0.115 e. The van der Waals surface area contributed by atoms with Gasteiger partial charge in [0, 0.05) is 5.41 Å². The molecule has 134 valence electrons. The highest BCUT2D eigenvalue weighted by atomic mass is 16.3. The van der Waals surface area contributed by atoms with Crippen molar-refractivity contribution in [2.45, 2.75) is 43.9 Å². The lowest BCUT2D eigenvalue weighted by atomic mass is 9.65. The number of phenols is 2. The van der Waals surface area contributed by atoms with E-state index in [2.05, 4.69) is 18.2 Å². The molecule has 26 heavy (non-hydrogen) atoms. The number of allylic oxidation sites excluding steroid dienone is 4. The minimum absolute atomic E-state index is 0.247. The molecule has 0 aromatic heterocycles. The SMILES string of the molecule is Oc1ccc(C2(c3ccc(O)cc3)C=CC=C(C3CCCCC3)C2)cc1. The summed E-state index contributed by atoms with van der Waals surface area (Å²) in [5, 5.41) is 19.5. The molecule has 1 fully saturated rings. The second-order valence-corrected chi connectivity index (χ2v) is 7.68. The van der Waals surface area contributed by atoms with Gasteiger partial charge in [0.1, 0.15) is 11.5 Å². The minimum Gasteiger partial charge on any atom is -0.508 e. The highest BCUT2D eigenvalue weighted by Crippen LogP contribution is 2.46. The van der Waals surface area contributed by atoms with Gasteiger partial charge >= 0.3 is 0 Å². The molecule has 0 atom stereocenters. The van der Waals surface area contributed by atoms with Crippen LogP contribution in [-0.4, -0.2) is 10.2 Å².